The van der Waals surface area contributed by atoms with Gasteiger partial charge in [-0.05, 0) is 62.5 Å². The summed E-state index contributed by atoms with van der Waals surface area (Å²) in [4.78, 5) is 0. The van der Waals surface area contributed by atoms with E-state index in [1.165, 1.54) is 11.1 Å². The summed E-state index contributed by atoms with van der Waals surface area (Å²) in [5.41, 5.74) is 5.71. The molecule has 0 aromatic rings. The Balaban J connectivity index is 2.22. The van der Waals surface area contributed by atoms with Gasteiger partial charge in [-0.25, -0.2) is 0 Å². The molecule has 2 aliphatic rings. The second-order valence-electron chi connectivity index (χ2n) is 8.20. The molecule has 0 heterocycles. The van der Waals surface area contributed by atoms with E-state index in [1.54, 1.807) is 0 Å². The van der Waals surface area contributed by atoms with Gasteiger partial charge in [0.05, 0.1) is 11.4 Å². The molecule has 0 aliphatic heterocycles. The zero-order chi connectivity index (χ0) is 15.0. The quantitative estimate of drug-likeness (QED) is 0.577. The minimum atomic E-state index is 0.315. The molecule has 0 unspecified atom stereocenters. The van der Waals surface area contributed by atoms with Crippen molar-refractivity contribution in [1.82, 2.24) is 0 Å². The van der Waals surface area contributed by atoms with Crippen molar-refractivity contribution < 1.29 is 0 Å². The van der Waals surface area contributed by atoms with Crippen molar-refractivity contribution in [3.8, 4) is 0 Å². The van der Waals surface area contributed by atoms with Gasteiger partial charge in [0.2, 0.25) is 0 Å². The summed E-state index contributed by atoms with van der Waals surface area (Å²) < 4.78 is 0. The van der Waals surface area contributed by atoms with Crippen LogP contribution in [0.25, 0.3) is 0 Å². The lowest BCUT2D eigenvalue weighted by atomic mass is 9.77. The fourth-order valence-corrected chi connectivity index (χ4v) is 3.65. The monoisotopic (exact) mass is 272 g/mol. The van der Waals surface area contributed by atoms with E-state index in [1.807, 2.05) is 0 Å². The van der Waals surface area contributed by atoms with Crippen LogP contribution >= 0.6 is 0 Å². The predicted octanol–water partition coefficient (Wildman–Crippen LogP) is 5.32. The van der Waals surface area contributed by atoms with E-state index < -0.39 is 0 Å². The number of allylic oxidation sites excluding steroid dienone is 4. The van der Waals surface area contributed by atoms with E-state index in [0.29, 0.717) is 10.8 Å². The van der Waals surface area contributed by atoms with E-state index in [9.17, 15) is 0 Å². The molecule has 0 radical (unpaired) electrons. The van der Waals surface area contributed by atoms with Gasteiger partial charge in [0.15, 0.2) is 0 Å². The second kappa shape index (κ2) is 5.31. The first-order valence-corrected chi connectivity index (χ1v) is 7.63. The van der Waals surface area contributed by atoms with Gasteiger partial charge >= 0.3 is 0 Å². The first-order valence-electron chi connectivity index (χ1n) is 7.63. The third-order valence-corrected chi connectivity index (χ3v) is 3.97. The highest BCUT2D eigenvalue weighted by atomic mass is 15.2. The topological polar surface area (TPSA) is 24.7 Å². The molecule has 2 nitrogen and oxygen atoms in total. The molecule has 0 atom stereocenters. The van der Waals surface area contributed by atoms with Crippen LogP contribution in [0.5, 0.6) is 0 Å². The standard InChI is InChI=1S/C18H28N2/c1-13-7-15(11-17(3,4)9-13)19-20-16-8-14(2)10-18(5,6)12-16/h7-8H,9-12H2,1-6H3/b19-15+,20-16+. The Labute approximate surface area is 123 Å². The summed E-state index contributed by atoms with van der Waals surface area (Å²) in [6.07, 6.45) is 8.78. The average Bonchev–Trinajstić information content (AvgIpc) is 2.20. The van der Waals surface area contributed by atoms with Crippen LogP contribution in [-0.4, -0.2) is 11.4 Å². The van der Waals surface area contributed by atoms with Crippen molar-refractivity contribution in [1.29, 1.82) is 0 Å². The van der Waals surface area contributed by atoms with E-state index in [4.69, 9.17) is 0 Å². The van der Waals surface area contributed by atoms with Gasteiger partial charge < -0.3 is 0 Å². The van der Waals surface area contributed by atoms with Crippen LogP contribution in [0, 0.1) is 10.8 Å². The fraction of sp³-hybridized carbons (Fsp3) is 0.667. The fourth-order valence-electron chi connectivity index (χ4n) is 3.65. The van der Waals surface area contributed by atoms with Gasteiger partial charge in [-0.2, -0.15) is 10.2 Å². The SMILES string of the molecule is CC1=C/C(=N\N=C2/C=C(C)CC(C)(C)C2)CC(C)(C)C1. The Bertz CT molecular complexity index is 466. The van der Waals surface area contributed by atoms with Gasteiger partial charge in [0.1, 0.15) is 0 Å². The Hall–Kier alpha value is -1.18. The molecule has 110 valence electrons. The lowest BCUT2D eigenvalue weighted by Gasteiger charge is -2.30. The van der Waals surface area contributed by atoms with E-state index in [-0.39, 0.29) is 0 Å². The van der Waals surface area contributed by atoms with Crippen molar-refractivity contribution in [2.45, 2.75) is 67.2 Å². The highest BCUT2D eigenvalue weighted by Crippen LogP contribution is 2.35. The summed E-state index contributed by atoms with van der Waals surface area (Å²) >= 11 is 0. The largest absolute Gasteiger partial charge is 0.155 e. The molecule has 0 bridgehead atoms. The van der Waals surface area contributed by atoms with Crippen molar-refractivity contribution in [2.75, 3.05) is 0 Å². The van der Waals surface area contributed by atoms with Crippen molar-refractivity contribution in [3.63, 3.8) is 0 Å². The van der Waals surface area contributed by atoms with Gasteiger partial charge in [-0.3, -0.25) is 0 Å². The summed E-state index contributed by atoms with van der Waals surface area (Å²) in [5.74, 6) is 0. The second-order valence-corrected chi connectivity index (χ2v) is 8.20. The zero-order valence-electron chi connectivity index (χ0n) is 13.9. The van der Waals surface area contributed by atoms with E-state index in [0.717, 1.165) is 37.1 Å². The lowest BCUT2D eigenvalue weighted by Crippen LogP contribution is -2.22. The van der Waals surface area contributed by atoms with Gasteiger partial charge in [-0.15, -0.1) is 0 Å². The molecular formula is C18H28N2. The number of hydrogen-bond donors (Lipinski definition) is 0. The normalized spacial score (nSPS) is 29.3. The highest BCUT2D eigenvalue weighted by Gasteiger charge is 2.26. The highest BCUT2D eigenvalue weighted by molar-refractivity contribution is 6.00. The van der Waals surface area contributed by atoms with Crippen LogP contribution in [0.4, 0.5) is 0 Å². The summed E-state index contributed by atoms with van der Waals surface area (Å²) in [7, 11) is 0. The summed E-state index contributed by atoms with van der Waals surface area (Å²) in [6, 6.07) is 0. The van der Waals surface area contributed by atoms with Crippen LogP contribution in [0.2, 0.25) is 0 Å². The van der Waals surface area contributed by atoms with E-state index >= 15 is 0 Å². The molecule has 0 amide bonds. The van der Waals surface area contributed by atoms with Crippen LogP contribution < -0.4 is 0 Å². The van der Waals surface area contributed by atoms with Gasteiger partial charge in [-0.1, -0.05) is 38.8 Å². The zero-order valence-corrected chi connectivity index (χ0v) is 13.9. The molecule has 2 aliphatic carbocycles. The maximum atomic E-state index is 4.54. The Morgan fingerprint density at radius 2 is 1.05 bits per heavy atom. The molecule has 0 saturated heterocycles. The third-order valence-electron chi connectivity index (χ3n) is 3.97. The molecule has 0 aromatic carbocycles. The summed E-state index contributed by atoms with van der Waals surface area (Å²) in [5, 5.41) is 9.07. The Morgan fingerprint density at radius 1 is 0.700 bits per heavy atom. The number of nitrogens with zero attached hydrogens (tertiary/aromatic N) is 2. The van der Waals surface area contributed by atoms with Crippen molar-refractivity contribution in [2.24, 2.45) is 21.0 Å². The smallest absolute Gasteiger partial charge is 0.0635 e. The number of rotatable bonds is 1. The molecule has 0 aromatic heterocycles. The maximum absolute atomic E-state index is 4.54. The molecule has 2 rings (SSSR count). The molecule has 20 heavy (non-hydrogen) atoms. The molecule has 0 saturated carbocycles. The molecule has 0 spiro atoms. The van der Waals surface area contributed by atoms with Gasteiger partial charge in [0, 0.05) is 0 Å². The van der Waals surface area contributed by atoms with Crippen LogP contribution in [0.3, 0.4) is 0 Å². The predicted molar refractivity (Wildman–Crippen MR) is 88.4 cm³/mol. The molecule has 0 N–H and O–H groups in total. The molecule has 2 heteroatoms. The minimum absolute atomic E-state index is 0.315. The average molecular weight is 272 g/mol. The third kappa shape index (κ3) is 4.16. The molecule has 0 fully saturated rings. The van der Waals surface area contributed by atoms with Gasteiger partial charge in [0.25, 0.3) is 0 Å². The first-order chi connectivity index (χ1) is 9.15. The van der Waals surface area contributed by atoms with Crippen LogP contribution in [-0.2, 0) is 0 Å². The van der Waals surface area contributed by atoms with Crippen LogP contribution in [0.15, 0.2) is 33.5 Å². The molecular weight excluding hydrogens is 244 g/mol. The Kier molecular flexibility index (Phi) is 4.04. The Morgan fingerprint density at radius 3 is 1.35 bits per heavy atom. The number of hydrogen-bond acceptors (Lipinski definition) is 2. The van der Waals surface area contributed by atoms with Crippen molar-refractivity contribution >= 4 is 11.4 Å². The van der Waals surface area contributed by atoms with Crippen LogP contribution in [0.1, 0.15) is 67.2 Å². The summed E-state index contributed by atoms with van der Waals surface area (Å²) in [6.45, 7) is 13.6. The first kappa shape index (κ1) is 15.2. The van der Waals surface area contributed by atoms with Crippen molar-refractivity contribution in [3.05, 3.63) is 23.3 Å². The maximum Gasteiger partial charge on any atom is 0.0635 e. The van der Waals surface area contributed by atoms with E-state index in [2.05, 4.69) is 63.9 Å². The lowest BCUT2D eigenvalue weighted by molar-refractivity contribution is 0.371. The minimum Gasteiger partial charge on any atom is -0.155 e.